The average Bonchev–Trinajstić information content (AvgIpc) is 2.30. The zero-order valence-corrected chi connectivity index (χ0v) is 10.6. The summed E-state index contributed by atoms with van der Waals surface area (Å²) in [7, 11) is 0. The molecule has 0 amide bonds. The normalized spacial score (nSPS) is 13.3. The number of nitrogens with zero attached hydrogens (tertiary/aromatic N) is 2. The van der Waals surface area contributed by atoms with Crippen LogP contribution in [-0.2, 0) is 14.3 Å². The minimum absolute atomic E-state index is 0.412. The molecule has 0 fully saturated rings. The Labute approximate surface area is 102 Å². The molecule has 0 aromatic heterocycles. The van der Waals surface area contributed by atoms with Gasteiger partial charge in [-0.15, -0.1) is 9.98 Å². The molecule has 0 unspecified atom stereocenters. The molecule has 0 bridgehead atoms. The predicted octanol–water partition coefficient (Wildman–Crippen LogP) is 2.71. The van der Waals surface area contributed by atoms with Crippen molar-refractivity contribution in [2.24, 2.45) is 9.98 Å². The Morgan fingerprint density at radius 3 is 2.06 bits per heavy atom. The van der Waals surface area contributed by atoms with Crippen molar-refractivity contribution in [3.05, 3.63) is 0 Å². The minimum atomic E-state index is -1.40. The first-order chi connectivity index (χ1) is 8.24. The molecule has 0 rings (SSSR count). The Bertz CT molecular complexity index is 262. The lowest BCUT2D eigenvalue weighted by molar-refractivity contribution is -0.0408. The number of aliphatic imine (C=N–C) groups is 2. The Balaban J connectivity index is 4.60. The fourth-order valence-electron chi connectivity index (χ4n) is 1.40. The molecule has 17 heavy (non-hydrogen) atoms. The SMILES string of the molecule is CCCCCC(N=C=O)(N=C=O)OCCCC. The monoisotopic (exact) mass is 240 g/mol. The second kappa shape index (κ2) is 9.91. The molecule has 0 aliphatic carbocycles. The lowest BCUT2D eigenvalue weighted by Gasteiger charge is -2.22. The van der Waals surface area contributed by atoms with Crippen molar-refractivity contribution in [1.82, 2.24) is 0 Å². The summed E-state index contributed by atoms with van der Waals surface area (Å²) >= 11 is 0. The van der Waals surface area contributed by atoms with E-state index < -0.39 is 5.85 Å². The zero-order valence-electron chi connectivity index (χ0n) is 10.6. The third-order valence-corrected chi connectivity index (χ3v) is 2.38. The van der Waals surface area contributed by atoms with Gasteiger partial charge in [0.1, 0.15) is 0 Å². The van der Waals surface area contributed by atoms with Gasteiger partial charge in [-0.25, -0.2) is 9.59 Å². The molecule has 0 spiro atoms. The van der Waals surface area contributed by atoms with Crippen LogP contribution in [-0.4, -0.2) is 24.6 Å². The van der Waals surface area contributed by atoms with E-state index in [0.29, 0.717) is 13.0 Å². The Morgan fingerprint density at radius 1 is 1.00 bits per heavy atom. The van der Waals surface area contributed by atoms with Crippen LogP contribution in [0.5, 0.6) is 0 Å². The highest BCUT2D eigenvalue weighted by Crippen LogP contribution is 2.23. The van der Waals surface area contributed by atoms with E-state index >= 15 is 0 Å². The standard InChI is InChI=1S/C12H20N2O3/c1-3-5-7-8-12(13-10-15,14-11-16)17-9-6-4-2/h3-9H2,1-2H3. The summed E-state index contributed by atoms with van der Waals surface area (Å²) in [5.41, 5.74) is 0. The maximum absolute atomic E-state index is 10.4. The molecule has 0 atom stereocenters. The summed E-state index contributed by atoms with van der Waals surface area (Å²) in [6.45, 7) is 4.50. The summed E-state index contributed by atoms with van der Waals surface area (Å²) in [4.78, 5) is 27.9. The number of hydrogen-bond acceptors (Lipinski definition) is 5. The van der Waals surface area contributed by atoms with Crippen LogP contribution in [0.2, 0.25) is 0 Å². The van der Waals surface area contributed by atoms with Gasteiger partial charge in [-0.05, 0) is 12.8 Å². The van der Waals surface area contributed by atoms with Crippen LogP contribution in [0.3, 0.4) is 0 Å². The molecular formula is C12H20N2O3. The number of hydrogen-bond donors (Lipinski definition) is 0. The molecule has 0 aromatic carbocycles. The van der Waals surface area contributed by atoms with Crippen molar-refractivity contribution in [3.63, 3.8) is 0 Å². The van der Waals surface area contributed by atoms with Gasteiger partial charge in [-0.1, -0.05) is 33.1 Å². The maximum atomic E-state index is 10.4. The quantitative estimate of drug-likeness (QED) is 0.335. The molecule has 5 nitrogen and oxygen atoms in total. The molecule has 0 N–H and O–H groups in total. The molecular weight excluding hydrogens is 220 g/mol. The highest BCUT2D eigenvalue weighted by atomic mass is 16.5. The zero-order chi connectivity index (χ0) is 13.0. The van der Waals surface area contributed by atoms with E-state index in [1.807, 2.05) is 6.92 Å². The van der Waals surface area contributed by atoms with Gasteiger partial charge in [0.2, 0.25) is 12.2 Å². The van der Waals surface area contributed by atoms with E-state index in [-0.39, 0.29) is 0 Å². The first kappa shape index (κ1) is 15.7. The average molecular weight is 240 g/mol. The smallest absolute Gasteiger partial charge is 0.278 e. The fraction of sp³-hybridized carbons (Fsp3) is 0.833. The van der Waals surface area contributed by atoms with Gasteiger partial charge < -0.3 is 4.74 Å². The van der Waals surface area contributed by atoms with E-state index in [4.69, 9.17) is 4.74 Å². The number of carbonyl (C=O) groups excluding carboxylic acids is 2. The largest absolute Gasteiger partial charge is 0.334 e. The van der Waals surface area contributed by atoms with Gasteiger partial charge >= 0.3 is 0 Å². The highest BCUT2D eigenvalue weighted by Gasteiger charge is 2.29. The number of rotatable bonds is 10. The Kier molecular flexibility index (Phi) is 9.17. The first-order valence-electron chi connectivity index (χ1n) is 6.06. The number of unbranched alkanes of at least 4 members (excludes halogenated alkanes) is 3. The van der Waals surface area contributed by atoms with Crippen molar-refractivity contribution in [1.29, 1.82) is 0 Å². The van der Waals surface area contributed by atoms with Gasteiger partial charge in [-0.3, -0.25) is 0 Å². The number of isocyanates is 2. The van der Waals surface area contributed by atoms with Crippen LogP contribution >= 0.6 is 0 Å². The van der Waals surface area contributed by atoms with Crippen LogP contribution in [0.25, 0.3) is 0 Å². The predicted molar refractivity (Wildman–Crippen MR) is 64.0 cm³/mol. The summed E-state index contributed by atoms with van der Waals surface area (Å²) in [6, 6.07) is 0. The van der Waals surface area contributed by atoms with E-state index in [0.717, 1.165) is 32.1 Å². The lowest BCUT2D eigenvalue weighted by Crippen LogP contribution is -2.28. The van der Waals surface area contributed by atoms with Gasteiger partial charge in [0.15, 0.2) is 0 Å². The summed E-state index contributed by atoms with van der Waals surface area (Å²) in [6.07, 6.45) is 7.84. The summed E-state index contributed by atoms with van der Waals surface area (Å²) in [5.74, 6) is -1.40. The van der Waals surface area contributed by atoms with Crippen LogP contribution in [0.1, 0.15) is 52.4 Å². The van der Waals surface area contributed by atoms with Gasteiger partial charge in [0.05, 0.1) is 6.61 Å². The molecule has 0 heterocycles. The molecule has 0 saturated heterocycles. The van der Waals surface area contributed by atoms with Crippen molar-refractivity contribution < 1.29 is 14.3 Å². The first-order valence-corrected chi connectivity index (χ1v) is 6.06. The molecule has 96 valence electrons. The van der Waals surface area contributed by atoms with Crippen LogP contribution in [0, 0.1) is 0 Å². The maximum Gasteiger partial charge on any atom is 0.278 e. The highest BCUT2D eigenvalue weighted by molar-refractivity contribution is 5.38. The van der Waals surface area contributed by atoms with E-state index in [1.165, 1.54) is 12.2 Å². The Hall–Kier alpha value is -1.28. The van der Waals surface area contributed by atoms with Crippen molar-refractivity contribution in [2.75, 3.05) is 6.61 Å². The van der Waals surface area contributed by atoms with E-state index in [9.17, 15) is 9.59 Å². The molecule has 0 aliphatic rings. The third-order valence-electron chi connectivity index (χ3n) is 2.38. The van der Waals surface area contributed by atoms with Crippen molar-refractivity contribution >= 4 is 12.2 Å². The lowest BCUT2D eigenvalue weighted by atomic mass is 10.1. The van der Waals surface area contributed by atoms with E-state index in [1.54, 1.807) is 0 Å². The van der Waals surface area contributed by atoms with E-state index in [2.05, 4.69) is 16.9 Å². The van der Waals surface area contributed by atoms with Gasteiger partial charge in [0.25, 0.3) is 5.85 Å². The molecule has 0 radical (unpaired) electrons. The minimum Gasteiger partial charge on any atom is -0.334 e. The topological polar surface area (TPSA) is 68.1 Å². The summed E-state index contributed by atoms with van der Waals surface area (Å²) < 4.78 is 5.44. The second-order valence-electron chi connectivity index (χ2n) is 3.81. The Morgan fingerprint density at radius 2 is 1.59 bits per heavy atom. The van der Waals surface area contributed by atoms with Crippen LogP contribution in [0.15, 0.2) is 9.98 Å². The van der Waals surface area contributed by atoms with Crippen molar-refractivity contribution in [3.8, 4) is 0 Å². The van der Waals surface area contributed by atoms with Gasteiger partial charge in [-0.2, -0.15) is 0 Å². The molecule has 0 saturated carbocycles. The molecule has 5 heteroatoms. The number of ether oxygens (including phenoxy) is 1. The van der Waals surface area contributed by atoms with Crippen molar-refractivity contribution in [2.45, 2.75) is 58.2 Å². The fourth-order valence-corrected chi connectivity index (χ4v) is 1.40. The second-order valence-corrected chi connectivity index (χ2v) is 3.81. The molecule has 0 aromatic rings. The molecule has 0 aliphatic heterocycles. The van der Waals surface area contributed by atoms with Crippen LogP contribution < -0.4 is 0 Å². The third kappa shape index (κ3) is 6.80. The van der Waals surface area contributed by atoms with Gasteiger partial charge in [0, 0.05) is 6.42 Å². The van der Waals surface area contributed by atoms with Crippen LogP contribution in [0.4, 0.5) is 0 Å². The summed E-state index contributed by atoms with van der Waals surface area (Å²) in [5, 5.41) is 0.